The van der Waals surface area contributed by atoms with Gasteiger partial charge in [-0.1, -0.05) is 56.3 Å². The van der Waals surface area contributed by atoms with E-state index in [4.69, 9.17) is 9.47 Å². The van der Waals surface area contributed by atoms with Crippen LogP contribution in [0.3, 0.4) is 0 Å². The highest BCUT2D eigenvalue weighted by molar-refractivity contribution is 6.09. The summed E-state index contributed by atoms with van der Waals surface area (Å²) < 4.78 is 10.5. The molecule has 0 radical (unpaired) electrons. The third-order valence-electron chi connectivity index (χ3n) is 5.22. The van der Waals surface area contributed by atoms with Gasteiger partial charge in [0.05, 0.1) is 5.92 Å². The molecule has 0 N–H and O–H groups in total. The molecule has 3 aromatic carbocycles. The van der Waals surface area contributed by atoms with Crippen LogP contribution in [0.5, 0.6) is 0 Å². The summed E-state index contributed by atoms with van der Waals surface area (Å²) in [4.78, 5) is 23.7. The van der Waals surface area contributed by atoms with Crippen LogP contribution in [0, 0.1) is 12.8 Å². The van der Waals surface area contributed by atoms with Gasteiger partial charge in [-0.25, -0.2) is 4.79 Å². The van der Waals surface area contributed by atoms with Crippen molar-refractivity contribution < 1.29 is 19.1 Å². The van der Waals surface area contributed by atoms with Crippen LogP contribution < -0.4 is 0 Å². The van der Waals surface area contributed by atoms with Crippen LogP contribution in [-0.4, -0.2) is 18.5 Å². The fourth-order valence-electron chi connectivity index (χ4n) is 3.31. The molecule has 0 saturated carbocycles. The van der Waals surface area contributed by atoms with Crippen molar-refractivity contribution in [2.45, 2.75) is 40.2 Å². The number of esters is 2. The Morgan fingerprint density at radius 2 is 1.75 bits per heavy atom. The number of ether oxygens (including phenoxy) is 2. The second-order valence-electron chi connectivity index (χ2n) is 7.27. The molecule has 3 aromatic rings. The Bertz CT molecular complexity index is 1020. The lowest BCUT2D eigenvalue weighted by Gasteiger charge is -2.16. The van der Waals surface area contributed by atoms with Crippen molar-refractivity contribution in [3.8, 4) is 0 Å². The number of carbonyl (C=O) groups is 2. The minimum atomic E-state index is -0.543. The molecule has 4 nitrogen and oxygen atoms in total. The van der Waals surface area contributed by atoms with Crippen molar-refractivity contribution in [3.63, 3.8) is 0 Å². The van der Waals surface area contributed by atoms with Crippen LogP contribution in [0.25, 0.3) is 21.5 Å². The van der Waals surface area contributed by atoms with Gasteiger partial charge in [-0.05, 0) is 59.0 Å². The number of rotatable bonds is 6. The zero-order valence-corrected chi connectivity index (χ0v) is 16.8. The molecule has 0 amide bonds. The molecule has 2 unspecified atom stereocenters. The maximum atomic E-state index is 12.0. The van der Waals surface area contributed by atoms with Crippen molar-refractivity contribution >= 4 is 33.5 Å². The summed E-state index contributed by atoms with van der Waals surface area (Å²) in [6.45, 7) is 7.25. The third-order valence-corrected chi connectivity index (χ3v) is 5.22. The number of aryl methyl sites for hydroxylation is 1. The lowest BCUT2D eigenvalue weighted by molar-refractivity contribution is -0.164. The van der Waals surface area contributed by atoms with Crippen LogP contribution >= 0.6 is 0 Å². The summed E-state index contributed by atoms with van der Waals surface area (Å²) in [6, 6.07) is 16.6. The summed E-state index contributed by atoms with van der Waals surface area (Å²) in [6.07, 6.45) is 0.252. The Labute approximate surface area is 165 Å². The SMILES string of the molecule is CCC(C)C(=O)OCC(=O)OC(C)c1ccc2c(ccc3cccc(C)c32)c1. The Morgan fingerprint density at radius 1 is 1.00 bits per heavy atom. The maximum absolute atomic E-state index is 12.0. The van der Waals surface area contributed by atoms with Gasteiger partial charge in [0.1, 0.15) is 6.10 Å². The third kappa shape index (κ3) is 4.16. The topological polar surface area (TPSA) is 52.6 Å². The van der Waals surface area contributed by atoms with Gasteiger partial charge in [-0.3, -0.25) is 4.79 Å². The Kier molecular flexibility index (Phi) is 5.98. The molecule has 0 bridgehead atoms. The molecular weight excluding hydrogens is 352 g/mol. The van der Waals surface area contributed by atoms with Gasteiger partial charge in [0.15, 0.2) is 6.61 Å². The Hall–Kier alpha value is -2.88. The summed E-state index contributed by atoms with van der Waals surface area (Å²) in [7, 11) is 0. The number of carbonyl (C=O) groups excluding carboxylic acids is 2. The summed E-state index contributed by atoms with van der Waals surface area (Å²) in [5.74, 6) is -1.14. The second-order valence-corrected chi connectivity index (χ2v) is 7.27. The van der Waals surface area contributed by atoms with Crippen LogP contribution in [0.15, 0.2) is 48.5 Å². The highest BCUT2D eigenvalue weighted by Crippen LogP contribution is 2.30. The predicted molar refractivity (Wildman–Crippen MR) is 111 cm³/mol. The minimum absolute atomic E-state index is 0.219. The van der Waals surface area contributed by atoms with Crippen LogP contribution in [0.4, 0.5) is 0 Å². The van der Waals surface area contributed by atoms with E-state index >= 15 is 0 Å². The minimum Gasteiger partial charge on any atom is -0.455 e. The monoisotopic (exact) mass is 378 g/mol. The van der Waals surface area contributed by atoms with Crippen molar-refractivity contribution in [3.05, 3.63) is 59.7 Å². The first-order chi connectivity index (χ1) is 13.4. The van der Waals surface area contributed by atoms with E-state index in [0.717, 1.165) is 10.9 Å². The largest absolute Gasteiger partial charge is 0.455 e. The first-order valence-corrected chi connectivity index (χ1v) is 9.68. The van der Waals surface area contributed by atoms with E-state index < -0.39 is 12.1 Å². The summed E-state index contributed by atoms with van der Waals surface area (Å²) in [5.41, 5.74) is 2.14. The molecule has 0 aliphatic heterocycles. The molecule has 0 aliphatic rings. The molecule has 0 spiro atoms. The molecule has 0 saturated heterocycles. The van der Waals surface area contributed by atoms with Crippen molar-refractivity contribution in [1.29, 1.82) is 0 Å². The molecule has 146 valence electrons. The van der Waals surface area contributed by atoms with Gasteiger partial charge >= 0.3 is 11.9 Å². The van der Waals surface area contributed by atoms with Crippen molar-refractivity contribution in [1.82, 2.24) is 0 Å². The first kappa shape index (κ1) is 19.9. The highest BCUT2D eigenvalue weighted by atomic mass is 16.6. The van der Waals surface area contributed by atoms with Crippen molar-refractivity contribution in [2.75, 3.05) is 6.61 Å². The fourth-order valence-corrected chi connectivity index (χ4v) is 3.31. The molecule has 28 heavy (non-hydrogen) atoms. The van der Waals surface area contributed by atoms with E-state index in [1.54, 1.807) is 6.92 Å². The molecule has 2 atom stereocenters. The Balaban J connectivity index is 1.74. The average Bonchev–Trinajstić information content (AvgIpc) is 2.70. The molecule has 4 heteroatoms. The van der Waals surface area contributed by atoms with Gasteiger partial charge in [0.25, 0.3) is 0 Å². The van der Waals surface area contributed by atoms with Crippen LogP contribution in [-0.2, 0) is 19.1 Å². The molecule has 0 aliphatic carbocycles. The smallest absolute Gasteiger partial charge is 0.344 e. The summed E-state index contributed by atoms with van der Waals surface area (Å²) >= 11 is 0. The predicted octanol–water partition coefficient (Wildman–Crippen LogP) is 5.49. The van der Waals surface area contributed by atoms with Gasteiger partial charge in [0.2, 0.25) is 0 Å². The standard InChI is InChI=1S/C24H26O4/c1-5-15(2)24(26)27-14-22(25)28-17(4)19-11-12-21-20(13-19)10-9-18-8-6-7-16(3)23(18)21/h6-13,15,17H,5,14H2,1-4H3. The van der Waals surface area contributed by atoms with Gasteiger partial charge < -0.3 is 9.47 Å². The fraction of sp³-hybridized carbons (Fsp3) is 0.333. The molecule has 0 fully saturated rings. The van der Waals surface area contributed by atoms with Crippen LogP contribution in [0.1, 0.15) is 44.4 Å². The molecule has 0 heterocycles. The van der Waals surface area contributed by atoms with E-state index in [2.05, 4.69) is 43.3 Å². The lowest BCUT2D eigenvalue weighted by atomic mass is 9.96. The van der Waals surface area contributed by atoms with Gasteiger partial charge in [-0.15, -0.1) is 0 Å². The van der Waals surface area contributed by atoms with Gasteiger partial charge in [-0.2, -0.15) is 0 Å². The quantitative estimate of drug-likeness (QED) is 0.420. The van der Waals surface area contributed by atoms with E-state index in [9.17, 15) is 9.59 Å². The van der Waals surface area contributed by atoms with E-state index in [1.807, 2.05) is 26.0 Å². The molecule has 0 aromatic heterocycles. The van der Waals surface area contributed by atoms with Crippen LogP contribution in [0.2, 0.25) is 0 Å². The highest BCUT2D eigenvalue weighted by Gasteiger charge is 2.17. The second kappa shape index (κ2) is 8.42. The number of fused-ring (bicyclic) bond motifs is 3. The zero-order chi connectivity index (χ0) is 20.3. The lowest BCUT2D eigenvalue weighted by Crippen LogP contribution is -2.21. The van der Waals surface area contributed by atoms with E-state index in [0.29, 0.717) is 6.42 Å². The Morgan fingerprint density at radius 3 is 2.50 bits per heavy atom. The first-order valence-electron chi connectivity index (χ1n) is 9.68. The zero-order valence-electron chi connectivity index (χ0n) is 16.8. The average molecular weight is 378 g/mol. The summed E-state index contributed by atoms with van der Waals surface area (Å²) in [5, 5.41) is 4.74. The van der Waals surface area contributed by atoms with Gasteiger partial charge in [0, 0.05) is 0 Å². The number of benzene rings is 3. The molecule has 3 rings (SSSR count). The van der Waals surface area contributed by atoms with E-state index in [1.165, 1.54) is 21.7 Å². The maximum Gasteiger partial charge on any atom is 0.344 e. The number of hydrogen-bond acceptors (Lipinski definition) is 4. The van der Waals surface area contributed by atoms with Crippen molar-refractivity contribution in [2.24, 2.45) is 5.92 Å². The normalized spacial score (nSPS) is 13.3. The van der Waals surface area contributed by atoms with E-state index in [-0.39, 0.29) is 18.5 Å². The molecular formula is C24H26O4. The number of hydrogen-bond donors (Lipinski definition) is 0.